The summed E-state index contributed by atoms with van der Waals surface area (Å²) in [6.07, 6.45) is 2.77. The first-order chi connectivity index (χ1) is 30.1. The number of nitrogens with zero attached hydrogens (tertiary/aromatic N) is 3. The van der Waals surface area contributed by atoms with Gasteiger partial charge in [-0.1, -0.05) is 53.7 Å². The van der Waals surface area contributed by atoms with E-state index in [2.05, 4.69) is 41.9 Å². The number of nitrogens with one attached hydrogen (secondary N) is 6. The Kier molecular flexibility index (Phi) is 19.8. The molecule has 8 atom stereocenters. The zero-order valence-corrected chi connectivity index (χ0v) is 36.9. The Labute approximate surface area is 371 Å². The largest absolute Gasteiger partial charge is 0.508 e. The van der Waals surface area contributed by atoms with E-state index < -0.39 is 126 Å². The second-order valence-corrected chi connectivity index (χ2v) is 16.9. The Morgan fingerprint density at radius 1 is 0.766 bits per heavy atom. The van der Waals surface area contributed by atoms with Gasteiger partial charge >= 0.3 is 11.9 Å². The van der Waals surface area contributed by atoms with Crippen LogP contribution >= 0.6 is 0 Å². The van der Waals surface area contributed by atoms with Gasteiger partial charge in [0.25, 0.3) is 0 Å². The third kappa shape index (κ3) is 15.7. The number of carboxylic acid groups (broad SMARTS) is 2. The lowest BCUT2D eigenvalue weighted by molar-refractivity contribution is -0.146. The summed E-state index contributed by atoms with van der Waals surface area (Å²) in [5.74, 6) is -9.15. The number of rotatable bonds is 24. The number of benzene rings is 1. The molecule has 64 heavy (non-hydrogen) atoms. The third-order valence-electron chi connectivity index (χ3n) is 10.7. The zero-order chi connectivity index (χ0) is 47.8. The minimum Gasteiger partial charge on any atom is -0.508 e. The fourth-order valence-corrected chi connectivity index (χ4v) is 7.01. The van der Waals surface area contributed by atoms with Crippen LogP contribution in [0.1, 0.15) is 79.2 Å². The van der Waals surface area contributed by atoms with Gasteiger partial charge in [-0.3, -0.25) is 43.3 Å². The van der Waals surface area contributed by atoms with Crippen LogP contribution in [0.15, 0.2) is 34.3 Å². The van der Waals surface area contributed by atoms with E-state index >= 15 is 0 Å². The lowest BCUT2D eigenvalue weighted by Crippen LogP contribution is -2.61. The highest BCUT2D eigenvalue weighted by Crippen LogP contribution is 2.22. The van der Waals surface area contributed by atoms with E-state index in [9.17, 15) is 53.4 Å². The minimum absolute atomic E-state index is 0.0533. The van der Waals surface area contributed by atoms with Gasteiger partial charge in [-0.25, -0.2) is 9.79 Å². The van der Waals surface area contributed by atoms with Gasteiger partial charge in [0.1, 0.15) is 48.3 Å². The van der Waals surface area contributed by atoms with Crippen LogP contribution in [0.3, 0.4) is 0 Å². The van der Waals surface area contributed by atoms with Crippen molar-refractivity contribution < 1.29 is 58.5 Å². The maximum absolute atomic E-state index is 14.2. The van der Waals surface area contributed by atoms with Crippen molar-refractivity contribution in [3.05, 3.63) is 29.8 Å². The minimum atomic E-state index is -1.36. The molecule has 1 saturated heterocycles. The SMILES string of the molecule is CC(C)C(NC(=O)C1CCCN1C(=O)C(CC1C=NC=N1)NC(=O)C(NC(=O)C(Cc1ccc(O)cc1)NC(=O)C(NC(=O)CNC(=O)C(N)CCC(=O)O)C(C)C)C(C)C)C(=O)O. The summed E-state index contributed by atoms with van der Waals surface area (Å²) in [5, 5.41) is 43.8. The van der Waals surface area contributed by atoms with Crippen molar-refractivity contribution in [3.8, 4) is 5.75 Å². The molecule has 0 spiro atoms. The standard InChI is InChI=1S/C42H62N10O12/c1-21(2)33(49-31(54)19-45-36(57)27(43)13-14-32(55)56)39(60)47-28(16-24-9-11-26(53)12-10-24)37(58)50-34(22(3)4)40(61)48-29(17-25-18-44-20-46-25)41(62)52-15-7-8-30(52)38(59)51-35(23(5)6)42(63)64/h9-12,18,20-23,25,27-30,33-35,53H,7-8,13-17,19,43H2,1-6H3,(H,45,57)(H,47,60)(H,48,61)(H,49,54)(H,50,58)(H,51,59)(H,55,56)(H,63,64). The molecule has 3 rings (SSSR count). The van der Waals surface area contributed by atoms with Crippen LogP contribution in [-0.2, 0) is 49.6 Å². The van der Waals surface area contributed by atoms with Crippen molar-refractivity contribution in [2.75, 3.05) is 13.1 Å². The Morgan fingerprint density at radius 2 is 1.36 bits per heavy atom. The van der Waals surface area contributed by atoms with Gasteiger partial charge < -0.3 is 57.9 Å². The van der Waals surface area contributed by atoms with Crippen LogP contribution in [0.25, 0.3) is 0 Å². The monoisotopic (exact) mass is 898 g/mol. The average Bonchev–Trinajstić information content (AvgIpc) is 3.94. The first-order valence-electron chi connectivity index (χ1n) is 21.2. The molecule has 0 saturated carbocycles. The number of phenolic OH excluding ortho intramolecular Hbond substituents is 1. The third-order valence-corrected chi connectivity index (χ3v) is 10.7. The van der Waals surface area contributed by atoms with Crippen LogP contribution < -0.4 is 37.6 Å². The Bertz CT molecular complexity index is 1910. The molecule has 7 amide bonds. The van der Waals surface area contributed by atoms with Gasteiger partial charge in [0.2, 0.25) is 41.4 Å². The van der Waals surface area contributed by atoms with Crippen molar-refractivity contribution in [3.63, 3.8) is 0 Å². The molecule has 1 aromatic carbocycles. The number of amides is 7. The zero-order valence-electron chi connectivity index (χ0n) is 36.9. The van der Waals surface area contributed by atoms with Crippen molar-refractivity contribution in [2.45, 2.75) is 128 Å². The summed E-state index contributed by atoms with van der Waals surface area (Å²) >= 11 is 0. The first-order valence-corrected chi connectivity index (χ1v) is 21.2. The van der Waals surface area contributed by atoms with Gasteiger partial charge in [-0.05, 0) is 54.7 Å². The lowest BCUT2D eigenvalue weighted by Gasteiger charge is -2.32. The molecule has 8 unspecified atom stereocenters. The topological polar surface area (TPSA) is 340 Å². The maximum atomic E-state index is 14.2. The fraction of sp³-hybridized carbons (Fsp3) is 0.595. The number of carboxylic acids is 2. The van der Waals surface area contributed by atoms with E-state index in [1.54, 1.807) is 41.5 Å². The number of hydrogen-bond acceptors (Lipinski definition) is 13. The van der Waals surface area contributed by atoms with E-state index in [4.69, 9.17) is 10.8 Å². The highest BCUT2D eigenvalue weighted by atomic mass is 16.4. The van der Waals surface area contributed by atoms with E-state index in [1.807, 2.05) is 0 Å². The second-order valence-electron chi connectivity index (χ2n) is 16.9. The number of aromatic hydroxyl groups is 1. The van der Waals surface area contributed by atoms with Crippen molar-refractivity contribution >= 4 is 65.8 Å². The van der Waals surface area contributed by atoms with E-state index in [1.165, 1.54) is 41.7 Å². The molecule has 2 aliphatic heterocycles. The summed E-state index contributed by atoms with van der Waals surface area (Å²) in [5.41, 5.74) is 6.22. The molecule has 0 aromatic heterocycles. The van der Waals surface area contributed by atoms with E-state index in [-0.39, 0.29) is 44.4 Å². The van der Waals surface area contributed by atoms with Crippen LogP contribution in [0, 0.1) is 17.8 Å². The molecule has 0 radical (unpaired) electrons. The van der Waals surface area contributed by atoms with Crippen LogP contribution in [0.2, 0.25) is 0 Å². The molecule has 22 nitrogen and oxygen atoms in total. The summed E-state index contributed by atoms with van der Waals surface area (Å²) in [6, 6.07) is -3.30. The van der Waals surface area contributed by atoms with Gasteiger partial charge in [-0.15, -0.1) is 0 Å². The first kappa shape index (κ1) is 51.9. The second kappa shape index (κ2) is 24.4. The maximum Gasteiger partial charge on any atom is 0.326 e. The molecular formula is C42H62N10O12. The number of carbonyl (C=O) groups is 9. The van der Waals surface area contributed by atoms with Crippen LogP contribution in [0.5, 0.6) is 5.75 Å². The lowest BCUT2D eigenvalue weighted by atomic mass is 9.98. The number of likely N-dealkylation sites (tertiary alicyclic amines) is 1. The van der Waals surface area contributed by atoms with Crippen LogP contribution in [0.4, 0.5) is 0 Å². The molecule has 11 N–H and O–H groups in total. The van der Waals surface area contributed by atoms with Gasteiger partial charge in [-0.2, -0.15) is 0 Å². The normalized spacial score (nSPS) is 18.4. The highest BCUT2D eigenvalue weighted by Gasteiger charge is 2.41. The summed E-state index contributed by atoms with van der Waals surface area (Å²) in [4.78, 5) is 127. The van der Waals surface area contributed by atoms with Crippen molar-refractivity contribution in [1.29, 1.82) is 0 Å². The predicted octanol–water partition coefficient (Wildman–Crippen LogP) is -1.42. The molecule has 2 aliphatic rings. The van der Waals surface area contributed by atoms with Crippen molar-refractivity contribution in [1.82, 2.24) is 36.8 Å². The number of nitrogens with two attached hydrogens (primary N) is 1. The molecule has 0 bridgehead atoms. The summed E-state index contributed by atoms with van der Waals surface area (Å²) in [7, 11) is 0. The Balaban J connectivity index is 1.83. The Morgan fingerprint density at radius 3 is 1.91 bits per heavy atom. The molecule has 2 heterocycles. The average molecular weight is 899 g/mol. The molecular weight excluding hydrogens is 837 g/mol. The number of carbonyl (C=O) groups excluding carboxylic acids is 7. The van der Waals surface area contributed by atoms with Gasteiger partial charge in [0, 0.05) is 32.0 Å². The number of hydrogen-bond donors (Lipinski definition) is 10. The summed E-state index contributed by atoms with van der Waals surface area (Å²) < 4.78 is 0. The smallest absolute Gasteiger partial charge is 0.326 e. The van der Waals surface area contributed by atoms with Gasteiger partial charge in [0.05, 0.1) is 18.6 Å². The number of phenols is 1. The highest BCUT2D eigenvalue weighted by molar-refractivity contribution is 5.98. The van der Waals surface area contributed by atoms with E-state index in [0.29, 0.717) is 12.0 Å². The molecule has 0 aliphatic carbocycles. The molecule has 352 valence electrons. The number of aliphatic imine (C=N–C) groups is 2. The van der Waals surface area contributed by atoms with Crippen molar-refractivity contribution in [2.24, 2.45) is 33.5 Å². The fourth-order valence-electron chi connectivity index (χ4n) is 7.01. The molecule has 22 heteroatoms. The molecule has 1 fully saturated rings. The summed E-state index contributed by atoms with van der Waals surface area (Å²) in [6.45, 7) is 9.42. The quantitative estimate of drug-likeness (QED) is 0.0571. The van der Waals surface area contributed by atoms with E-state index in [0.717, 1.165) is 0 Å². The van der Waals surface area contributed by atoms with Gasteiger partial charge in [0.15, 0.2) is 0 Å². The number of aliphatic carboxylic acids is 2. The van der Waals surface area contributed by atoms with Crippen LogP contribution in [-0.4, -0.2) is 147 Å². The molecule has 1 aromatic rings. The Hall–Kier alpha value is -6.45. The predicted molar refractivity (Wildman–Crippen MR) is 232 cm³/mol.